The van der Waals surface area contributed by atoms with E-state index in [-0.39, 0.29) is 10.7 Å². The van der Waals surface area contributed by atoms with Crippen LogP contribution in [0.25, 0.3) is 0 Å². The van der Waals surface area contributed by atoms with Crippen molar-refractivity contribution in [3.63, 3.8) is 0 Å². The quantitative estimate of drug-likeness (QED) is 0.644. The maximum atomic E-state index is 11.8. The summed E-state index contributed by atoms with van der Waals surface area (Å²) in [6.45, 7) is 2.10. The lowest BCUT2D eigenvalue weighted by atomic mass is 10.2. The molecule has 0 saturated heterocycles. The molecule has 2 rings (SSSR count). The normalized spacial score (nSPS) is 10.5. The van der Waals surface area contributed by atoms with E-state index >= 15 is 0 Å². The average molecular weight is 296 g/mol. The monoisotopic (exact) mass is 295 g/mol. The van der Waals surface area contributed by atoms with Crippen LogP contribution in [0.2, 0.25) is 5.15 Å². The first kappa shape index (κ1) is 13.8. The van der Waals surface area contributed by atoms with Gasteiger partial charge in [0.05, 0.1) is 0 Å². The van der Waals surface area contributed by atoms with Gasteiger partial charge in [0.1, 0.15) is 10.7 Å². The number of carbonyl (C=O) groups excluding carboxylic acids is 1. The molecule has 98 valence electrons. The minimum Gasteiger partial charge on any atom is -0.333 e. The van der Waals surface area contributed by atoms with Gasteiger partial charge in [0.25, 0.3) is 5.24 Å². The molecule has 19 heavy (non-hydrogen) atoms. The van der Waals surface area contributed by atoms with Gasteiger partial charge in [-0.3, -0.25) is 9.59 Å². The molecule has 1 aromatic carbocycles. The summed E-state index contributed by atoms with van der Waals surface area (Å²) in [5, 5.41) is -0.764. The standard InChI is InChI=1S/C14H11Cl2NO2/c1-9-7-17(8-10-5-3-2-4-6-10)13(15)11(12(9)18)14(16)19/h2-7H,8H2,1H3. The van der Waals surface area contributed by atoms with Crippen molar-refractivity contribution in [2.24, 2.45) is 0 Å². The Labute approximate surface area is 120 Å². The van der Waals surface area contributed by atoms with Crippen LogP contribution < -0.4 is 5.43 Å². The number of aryl methyl sites for hydroxylation is 1. The van der Waals surface area contributed by atoms with Gasteiger partial charge in [-0.25, -0.2) is 0 Å². The number of hydrogen-bond donors (Lipinski definition) is 0. The van der Waals surface area contributed by atoms with Crippen molar-refractivity contribution in [2.75, 3.05) is 0 Å². The van der Waals surface area contributed by atoms with Crippen molar-refractivity contribution in [1.29, 1.82) is 0 Å². The van der Waals surface area contributed by atoms with Gasteiger partial charge in [-0.1, -0.05) is 41.9 Å². The Morgan fingerprint density at radius 3 is 2.47 bits per heavy atom. The van der Waals surface area contributed by atoms with Crippen LogP contribution in [0, 0.1) is 6.92 Å². The molecule has 0 unspecified atom stereocenters. The van der Waals surface area contributed by atoms with Crippen LogP contribution in [0.3, 0.4) is 0 Å². The van der Waals surface area contributed by atoms with Crippen LogP contribution in [0.15, 0.2) is 41.3 Å². The third kappa shape index (κ3) is 2.88. The highest BCUT2D eigenvalue weighted by atomic mass is 35.5. The smallest absolute Gasteiger partial charge is 0.259 e. The minimum atomic E-state index is -0.833. The lowest BCUT2D eigenvalue weighted by Gasteiger charge is -2.12. The summed E-state index contributed by atoms with van der Waals surface area (Å²) in [6.07, 6.45) is 1.63. The highest BCUT2D eigenvalue weighted by Gasteiger charge is 2.17. The predicted molar refractivity (Wildman–Crippen MR) is 76.2 cm³/mol. The van der Waals surface area contributed by atoms with Crippen LogP contribution in [0.5, 0.6) is 0 Å². The minimum absolute atomic E-state index is 0.0689. The zero-order chi connectivity index (χ0) is 14.0. The van der Waals surface area contributed by atoms with E-state index in [1.807, 2.05) is 30.3 Å². The van der Waals surface area contributed by atoms with E-state index in [2.05, 4.69) is 0 Å². The third-order valence-corrected chi connectivity index (χ3v) is 3.38. The van der Waals surface area contributed by atoms with Crippen molar-refractivity contribution >= 4 is 28.4 Å². The average Bonchev–Trinajstić information content (AvgIpc) is 2.37. The maximum Gasteiger partial charge on any atom is 0.259 e. The number of benzene rings is 1. The third-order valence-electron chi connectivity index (χ3n) is 2.79. The summed E-state index contributed by atoms with van der Waals surface area (Å²) in [6, 6.07) is 9.60. The van der Waals surface area contributed by atoms with Crippen molar-refractivity contribution in [3.05, 3.63) is 68.6 Å². The Morgan fingerprint density at radius 1 is 1.26 bits per heavy atom. The Balaban J connectivity index is 2.53. The van der Waals surface area contributed by atoms with Gasteiger partial charge in [-0.2, -0.15) is 0 Å². The van der Waals surface area contributed by atoms with Gasteiger partial charge in [-0.05, 0) is 24.1 Å². The Bertz CT molecular complexity index is 678. The zero-order valence-corrected chi connectivity index (χ0v) is 11.7. The van der Waals surface area contributed by atoms with Crippen LogP contribution in [0.4, 0.5) is 0 Å². The first-order chi connectivity index (χ1) is 9.00. The van der Waals surface area contributed by atoms with E-state index in [9.17, 15) is 9.59 Å². The Hall–Kier alpha value is -1.58. The SMILES string of the molecule is Cc1cn(Cc2ccccc2)c(Cl)c(C(=O)Cl)c1=O. The summed E-state index contributed by atoms with van der Waals surface area (Å²) in [7, 11) is 0. The van der Waals surface area contributed by atoms with Gasteiger partial charge >= 0.3 is 0 Å². The molecule has 0 amide bonds. The lowest BCUT2D eigenvalue weighted by molar-refractivity contribution is 0.108. The van der Waals surface area contributed by atoms with Gasteiger partial charge in [0, 0.05) is 18.3 Å². The number of hydrogen-bond acceptors (Lipinski definition) is 2. The molecule has 5 heteroatoms. The Morgan fingerprint density at radius 2 is 1.89 bits per heavy atom. The van der Waals surface area contributed by atoms with Crippen molar-refractivity contribution < 1.29 is 4.79 Å². The van der Waals surface area contributed by atoms with Crippen molar-refractivity contribution in [1.82, 2.24) is 4.57 Å². The predicted octanol–water partition coefficient (Wildman–Crippen LogP) is 3.24. The maximum absolute atomic E-state index is 11.8. The molecule has 1 aromatic heterocycles. The van der Waals surface area contributed by atoms with Gasteiger partial charge in [0.15, 0.2) is 5.43 Å². The topological polar surface area (TPSA) is 39.1 Å². The summed E-state index contributed by atoms with van der Waals surface area (Å²) < 4.78 is 1.64. The second-order valence-corrected chi connectivity index (χ2v) is 4.90. The van der Waals surface area contributed by atoms with Gasteiger partial charge in [0.2, 0.25) is 0 Å². The first-order valence-electron chi connectivity index (χ1n) is 5.64. The first-order valence-corrected chi connectivity index (χ1v) is 6.39. The molecule has 0 spiro atoms. The van der Waals surface area contributed by atoms with Crippen LogP contribution in [-0.2, 0) is 6.54 Å². The van der Waals surface area contributed by atoms with Crippen LogP contribution in [0.1, 0.15) is 21.5 Å². The van der Waals surface area contributed by atoms with Crippen molar-refractivity contribution in [3.8, 4) is 0 Å². The molecule has 2 aromatic rings. The molecule has 0 aliphatic heterocycles. The molecule has 0 aliphatic carbocycles. The van der Waals surface area contributed by atoms with E-state index in [0.29, 0.717) is 12.1 Å². The van der Waals surface area contributed by atoms with E-state index in [4.69, 9.17) is 23.2 Å². The summed E-state index contributed by atoms with van der Waals surface area (Å²) in [4.78, 5) is 23.1. The summed E-state index contributed by atoms with van der Waals surface area (Å²) >= 11 is 11.5. The number of aromatic nitrogens is 1. The number of carbonyl (C=O) groups is 1. The lowest BCUT2D eigenvalue weighted by Crippen LogP contribution is -2.20. The number of nitrogens with zero attached hydrogens (tertiary/aromatic N) is 1. The van der Waals surface area contributed by atoms with E-state index < -0.39 is 10.7 Å². The fraction of sp³-hybridized carbons (Fsp3) is 0.143. The largest absolute Gasteiger partial charge is 0.333 e. The summed E-state index contributed by atoms with van der Waals surface area (Å²) in [5.41, 5.74) is 0.860. The molecule has 0 saturated carbocycles. The van der Waals surface area contributed by atoms with Gasteiger partial charge in [-0.15, -0.1) is 0 Å². The van der Waals surface area contributed by atoms with E-state index in [1.165, 1.54) is 0 Å². The second kappa shape index (κ2) is 5.59. The molecule has 0 fully saturated rings. The number of pyridine rings is 1. The molecule has 0 bridgehead atoms. The number of halogens is 2. The molecule has 0 atom stereocenters. The fourth-order valence-electron chi connectivity index (χ4n) is 1.85. The highest BCUT2D eigenvalue weighted by molar-refractivity contribution is 6.68. The second-order valence-electron chi connectivity index (χ2n) is 4.19. The zero-order valence-electron chi connectivity index (χ0n) is 10.2. The van der Waals surface area contributed by atoms with Gasteiger partial charge < -0.3 is 4.57 Å². The Kier molecular flexibility index (Phi) is 4.08. The molecule has 0 N–H and O–H groups in total. The summed E-state index contributed by atoms with van der Waals surface area (Å²) in [5.74, 6) is 0. The molecular weight excluding hydrogens is 285 g/mol. The molecule has 0 radical (unpaired) electrons. The van der Waals surface area contributed by atoms with E-state index in [0.717, 1.165) is 5.56 Å². The molecule has 3 nitrogen and oxygen atoms in total. The molecule has 1 heterocycles. The fourth-order valence-corrected chi connectivity index (χ4v) is 2.35. The number of rotatable bonds is 3. The van der Waals surface area contributed by atoms with Crippen LogP contribution >= 0.6 is 23.2 Å². The highest BCUT2D eigenvalue weighted by Crippen LogP contribution is 2.17. The molecule has 0 aliphatic rings. The van der Waals surface area contributed by atoms with Crippen LogP contribution in [-0.4, -0.2) is 9.81 Å². The molecular formula is C14H11Cl2NO2. The van der Waals surface area contributed by atoms with E-state index in [1.54, 1.807) is 17.7 Å². The van der Waals surface area contributed by atoms with Crippen molar-refractivity contribution in [2.45, 2.75) is 13.5 Å².